The highest BCUT2D eigenvalue weighted by Crippen LogP contribution is 2.15. The van der Waals surface area contributed by atoms with Crippen LogP contribution in [-0.4, -0.2) is 11.3 Å². The number of hydrogen-bond donors (Lipinski definition) is 1. The Bertz CT molecular complexity index is 521. The SMILES string of the molecule is Cc1oc(=O)cc2[nH]c(C=O)cc12. The third-order valence-corrected chi connectivity index (χ3v) is 1.89. The predicted molar refractivity (Wildman–Crippen MR) is 47.0 cm³/mol. The minimum Gasteiger partial charge on any atom is -0.427 e. The molecule has 0 fully saturated rings. The van der Waals surface area contributed by atoms with Crippen molar-refractivity contribution in [3.8, 4) is 0 Å². The molecular weight excluding hydrogens is 170 g/mol. The summed E-state index contributed by atoms with van der Waals surface area (Å²) in [7, 11) is 0. The second-order valence-corrected chi connectivity index (χ2v) is 2.79. The van der Waals surface area contributed by atoms with E-state index in [4.69, 9.17) is 4.42 Å². The van der Waals surface area contributed by atoms with Gasteiger partial charge in [-0.2, -0.15) is 0 Å². The molecule has 0 spiro atoms. The number of hydrogen-bond acceptors (Lipinski definition) is 3. The molecule has 0 saturated heterocycles. The molecule has 0 saturated carbocycles. The van der Waals surface area contributed by atoms with Gasteiger partial charge >= 0.3 is 5.63 Å². The first kappa shape index (κ1) is 7.79. The van der Waals surface area contributed by atoms with Crippen LogP contribution in [0.5, 0.6) is 0 Å². The zero-order valence-electron chi connectivity index (χ0n) is 6.96. The first-order valence-corrected chi connectivity index (χ1v) is 3.79. The van der Waals surface area contributed by atoms with Crippen LogP contribution in [0.4, 0.5) is 0 Å². The Morgan fingerprint density at radius 1 is 1.46 bits per heavy atom. The summed E-state index contributed by atoms with van der Waals surface area (Å²) in [5.74, 6) is 0.520. The van der Waals surface area contributed by atoms with Crippen LogP contribution in [0.2, 0.25) is 0 Å². The number of H-pyrrole nitrogens is 1. The maximum absolute atomic E-state index is 10.9. The van der Waals surface area contributed by atoms with Gasteiger partial charge in [0.1, 0.15) is 5.76 Å². The summed E-state index contributed by atoms with van der Waals surface area (Å²) in [5.41, 5.74) is 0.666. The number of fused-ring (bicyclic) bond motifs is 1. The van der Waals surface area contributed by atoms with Crippen LogP contribution in [0.15, 0.2) is 21.3 Å². The fraction of sp³-hybridized carbons (Fsp3) is 0.111. The van der Waals surface area contributed by atoms with Gasteiger partial charge in [-0.1, -0.05) is 0 Å². The molecule has 0 bridgehead atoms. The third kappa shape index (κ3) is 1.16. The molecule has 0 aromatic carbocycles. The fourth-order valence-electron chi connectivity index (χ4n) is 1.31. The monoisotopic (exact) mass is 177 g/mol. The lowest BCUT2D eigenvalue weighted by molar-refractivity contribution is 0.112. The number of aromatic nitrogens is 1. The molecule has 0 radical (unpaired) electrons. The standard InChI is InChI=1S/C9H7NO3/c1-5-7-2-6(4-11)10-8(7)3-9(12)13-5/h2-4,10H,1H3. The molecule has 2 rings (SSSR count). The Morgan fingerprint density at radius 2 is 2.23 bits per heavy atom. The van der Waals surface area contributed by atoms with E-state index in [1.807, 2.05) is 0 Å². The minimum atomic E-state index is -0.413. The number of carbonyl (C=O) groups is 1. The van der Waals surface area contributed by atoms with Gasteiger partial charge in [0.05, 0.1) is 11.2 Å². The summed E-state index contributed by atoms with van der Waals surface area (Å²) >= 11 is 0. The summed E-state index contributed by atoms with van der Waals surface area (Å²) in [6.45, 7) is 1.69. The van der Waals surface area contributed by atoms with Crippen LogP contribution in [0, 0.1) is 6.92 Å². The second-order valence-electron chi connectivity index (χ2n) is 2.79. The Balaban J connectivity index is 2.90. The molecule has 1 N–H and O–H groups in total. The molecule has 0 aliphatic rings. The van der Waals surface area contributed by atoms with Gasteiger partial charge < -0.3 is 9.40 Å². The lowest BCUT2D eigenvalue weighted by atomic mass is 10.3. The van der Waals surface area contributed by atoms with Gasteiger partial charge in [-0.3, -0.25) is 4.79 Å². The molecule has 66 valence electrons. The van der Waals surface area contributed by atoms with Gasteiger partial charge in [0.15, 0.2) is 6.29 Å². The lowest BCUT2D eigenvalue weighted by Gasteiger charge is -1.91. The van der Waals surface area contributed by atoms with Gasteiger partial charge in [-0.15, -0.1) is 0 Å². The molecule has 4 nitrogen and oxygen atoms in total. The Labute approximate surface area is 73.2 Å². The Hall–Kier alpha value is -1.84. The number of aryl methyl sites for hydroxylation is 1. The minimum absolute atomic E-state index is 0.413. The molecule has 2 aromatic heterocycles. The van der Waals surface area contributed by atoms with E-state index in [0.29, 0.717) is 23.3 Å². The number of carbonyl (C=O) groups excluding carboxylic acids is 1. The molecule has 4 heteroatoms. The maximum atomic E-state index is 10.9. The number of aromatic amines is 1. The number of aldehydes is 1. The molecule has 2 aromatic rings. The van der Waals surface area contributed by atoms with Gasteiger partial charge in [-0.25, -0.2) is 4.79 Å². The third-order valence-electron chi connectivity index (χ3n) is 1.89. The zero-order valence-corrected chi connectivity index (χ0v) is 6.96. The van der Waals surface area contributed by atoms with E-state index < -0.39 is 5.63 Å². The molecule has 0 amide bonds. The first-order valence-electron chi connectivity index (χ1n) is 3.79. The summed E-state index contributed by atoms with van der Waals surface area (Å²) in [6.07, 6.45) is 0.698. The Kier molecular flexibility index (Phi) is 1.55. The molecule has 13 heavy (non-hydrogen) atoms. The topological polar surface area (TPSA) is 63.1 Å². The van der Waals surface area contributed by atoms with Crippen LogP contribution >= 0.6 is 0 Å². The molecule has 0 aliphatic heterocycles. The average molecular weight is 177 g/mol. The molecule has 0 atom stereocenters. The summed E-state index contributed by atoms with van der Waals surface area (Å²) in [5, 5.41) is 0.765. The van der Waals surface area contributed by atoms with Crippen molar-refractivity contribution in [2.75, 3.05) is 0 Å². The van der Waals surface area contributed by atoms with Crippen LogP contribution < -0.4 is 5.63 Å². The van der Waals surface area contributed by atoms with Crippen molar-refractivity contribution in [3.05, 3.63) is 34.0 Å². The van der Waals surface area contributed by atoms with Crippen molar-refractivity contribution in [2.45, 2.75) is 6.92 Å². The van der Waals surface area contributed by atoms with Crippen molar-refractivity contribution >= 4 is 17.2 Å². The van der Waals surface area contributed by atoms with Crippen molar-refractivity contribution in [1.29, 1.82) is 0 Å². The average Bonchev–Trinajstić information content (AvgIpc) is 2.47. The van der Waals surface area contributed by atoms with E-state index in [2.05, 4.69) is 4.98 Å². The van der Waals surface area contributed by atoms with E-state index in [9.17, 15) is 9.59 Å². The van der Waals surface area contributed by atoms with Crippen LogP contribution in [0.3, 0.4) is 0 Å². The van der Waals surface area contributed by atoms with E-state index in [1.54, 1.807) is 13.0 Å². The molecule has 2 heterocycles. The normalized spacial score (nSPS) is 10.5. The van der Waals surface area contributed by atoms with Gasteiger partial charge in [0.25, 0.3) is 0 Å². The number of rotatable bonds is 1. The van der Waals surface area contributed by atoms with Gasteiger partial charge in [0, 0.05) is 11.5 Å². The van der Waals surface area contributed by atoms with Crippen molar-refractivity contribution in [3.63, 3.8) is 0 Å². The van der Waals surface area contributed by atoms with E-state index >= 15 is 0 Å². The quantitative estimate of drug-likeness (QED) is 0.666. The summed E-state index contributed by atoms with van der Waals surface area (Å²) in [6, 6.07) is 2.98. The van der Waals surface area contributed by atoms with Crippen LogP contribution in [0.25, 0.3) is 10.9 Å². The fourth-order valence-corrected chi connectivity index (χ4v) is 1.31. The maximum Gasteiger partial charge on any atom is 0.337 e. The lowest BCUT2D eigenvalue weighted by Crippen LogP contribution is -1.96. The van der Waals surface area contributed by atoms with Gasteiger partial charge in [-0.05, 0) is 13.0 Å². The van der Waals surface area contributed by atoms with E-state index in [0.717, 1.165) is 5.39 Å². The van der Waals surface area contributed by atoms with Crippen molar-refractivity contribution in [2.24, 2.45) is 0 Å². The molecule has 0 aliphatic carbocycles. The predicted octanol–water partition coefficient (Wildman–Crippen LogP) is 1.24. The highest BCUT2D eigenvalue weighted by molar-refractivity contribution is 5.88. The van der Waals surface area contributed by atoms with Crippen molar-refractivity contribution < 1.29 is 9.21 Å². The molecular formula is C9H7NO3. The van der Waals surface area contributed by atoms with E-state index in [-0.39, 0.29) is 0 Å². The summed E-state index contributed by atoms with van der Waals surface area (Å²) < 4.78 is 4.86. The first-order chi connectivity index (χ1) is 6.20. The second kappa shape index (κ2) is 2.58. The molecule has 0 unspecified atom stereocenters. The highest BCUT2D eigenvalue weighted by atomic mass is 16.4. The van der Waals surface area contributed by atoms with Gasteiger partial charge in [0.2, 0.25) is 0 Å². The highest BCUT2D eigenvalue weighted by Gasteiger charge is 2.04. The number of nitrogens with one attached hydrogen (secondary N) is 1. The smallest absolute Gasteiger partial charge is 0.337 e. The van der Waals surface area contributed by atoms with Crippen LogP contribution in [-0.2, 0) is 0 Å². The van der Waals surface area contributed by atoms with E-state index in [1.165, 1.54) is 6.07 Å². The van der Waals surface area contributed by atoms with Crippen molar-refractivity contribution in [1.82, 2.24) is 4.98 Å². The zero-order chi connectivity index (χ0) is 9.42. The largest absolute Gasteiger partial charge is 0.427 e. The van der Waals surface area contributed by atoms with Crippen LogP contribution in [0.1, 0.15) is 16.2 Å². The summed E-state index contributed by atoms with van der Waals surface area (Å²) in [4.78, 5) is 24.2. The Morgan fingerprint density at radius 3 is 2.92 bits per heavy atom.